The number of rotatable bonds is 2. The van der Waals surface area contributed by atoms with Crippen LogP contribution in [0.4, 0.5) is 18.0 Å². The van der Waals surface area contributed by atoms with Crippen molar-refractivity contribution in [3.05, 3.63) is 23.7 Å². The number of carbonyl (C=O) groups excluding carboxylic acids is 1. The van der Waals surface area contributed by atoms with Crippen molar-refractivity contribution in [2.45, 2.75) is 31.5 Å². The van der Waals surface area contributed by atoms with Crippen LogP contribution in [0.3, 0.4) is 0 Å². The maximum atomic E-state index is 11.9. The van der Waals surface area contributed by atoms with Crippen LogP contribution in [0.2, 0.25) is 0 Å². The van der Waals surface area contributed by atoms with E-state index in [1.165, 1.54) is 6.26 Å². The molecule has 2 rings (SSSR count). The molecule has 1 amide bonds. The third-order valence-corrected chi connectivity index (χ3v) is 2.71. The molecule has 18 heavy (non-hydrogen) atoms. The van der Waals surface area contributed by atoms with Gasteiger partial charge in [0.05, 0.1) is 12.3 Å². The number of nitrogens with one attached hydrogen (secondary N) is 1. The van der Waals surface area contributed by atoms with Crippen LogP contribution in [0.5, 0.6) is 0 Å². The Hall–Kier alpha value is -1.66. The first kappa shape index (κ1) is 12.8. The molecule has 0 bridgehead atoms. The van der Waals surface area contributed by atoms with E-state index in [4.69, 9.17) is 4.42 Å². The van der Waals surface area contributed by atoms with E-state index in [1.807, 2.05) is 0 Å². The first-order valence-electron chi connectivity index (χ1n) is 5.52. The van der Waals surface area contributed by atoms with Gasteiger partial charge in [-0.15, -0.1) is 0 Å². The van der Waals surface area contributed by atoms with Crippen LogP contribution in [0.1, 0.15) is 30.2 Å². The number of fused-ring (bicyclic) bond motifs is 1. The molecule has 1 aromatic rings. The molecule has 0 saturated carbocycles. The first-order valence-corrected chi connectivity index (χ1v) is 5.52. The van der Waals surface area contributed by atoms with Crippen LogP contribution in [0, 0.1) is 0 Å². The number of amides is 1. The predicted octanol–water partition coefficient (Wildman–Crippen LogP) is 2.95. The van der Waals surface area contributed by atoms with Crippen molar-refractivity contribution in [1.82, 2.24) is 5.32 Å². The van der Waals surface area contributed by atoms with Crippen LogP contribution in [0.15, 0.2) is 16.7 Å². The fourth-order valence-electron chi connectivity index (χ4n) is 1.97. The first-order chi connectivity index (χ1) is 8.46. The standard InChI is InChI=1S/C11H12F3NO3/c12-11(13,14)6-18-10(16)15-8-2-1-3-9-7(8)4-5-17-9/h4-5,8H,1-3,6H2,(H,15,16). The smallest absolute Gasteiger partial charge is 0.422 e. The lowest BCUT2D eigenvalue weighted by atomic mass is 9.94. The zero-order valence-corrected chi connectivity index (χ0v) is 9.42. The van der Waals surface area contributed by atoms with Crippen molar-refractivity contribution in [3.63, 3.8) is 0 Å². The molecule has 0 saturated heterocycles. The number of hydrogen-bond acceptors (Lipinski definition) is 3. The third-order valence-electron chi connectivity index (χ3n) is 2.71. The number of carbonyl (C=O) groups is 1. The maximum Gasteiger partial charge on any atom is 0.422 e. The SMILES string of the molecule is O=C(NC1CCCc2occc21)OCC(F)(F)F. The van der Waals surface area contributed by atoms with Crippen LogP contribution < -0.4 is 5.32 Å². The number of aryl methyl sites for hydroxylation is 1. The van der Waals surface area contributed by atoms with Crippen LogP contribution in [-0.2, 0) is 11.2 Å². The number of alkyl halides is 3. The summed E-state index contributed by atoms with van der Waals surface area (Å²) in [6.07, 6.45) is -1.82. The zero-order chi connectivity index (χ0) is 13.2. The minimum atomic E-state index is -4.51. The van der Waals surface area contributed by atoms with Crippen molar-refractivity contribution in [2.75, 3.05) is 6.61 Å². The Kier molecular flexibility index (Phi) is 3.49. The number of hydrogen-bond donors (Lipinski definition) is 1. The van der Waals surface area contributed by atoms with E-state index >= 15 is 0 Å². The van der Waals surface area contributed by atoms with Gasteiger partial charge in [-0.1, -0.05) is 0 Å². The summed E-state index contributed by atoms with van der Waals surface area (Å²) in [4.78, 5) is 11.2. The number of alkyl carbamates (subject to hydrolysis) is 1. The third kappa shape index (κ3) is 3.18. The molecule has 1 aliphatic rings. The summed E-state index contributed by atoms with van der Waals surface area (Å²) in [7, 11) is 0. The summed E-state index contributed by atoms with van der Waals surface area (Å²) in [5, 5.41) is 2.41. The van der Waals surface area contributed by atoms with Gasteiger partial charge in [-0.2, -0.15) is 13.2 Å². The summed E-state index contributed by atoms with van der Waals surface area (Å²) in [6, 6.07) is 1.37. The molecule has 1 unspecified atom stereocenters. The summed E-state index contributed by atoms with van der Waals surface area (Å²) in [5.41, 5.74) is 0.810. The molecule has 1 aromatic heterocycles. The van der Waals surface area contributed by atoms with Gasteiger partial charge in [0.1, 0.15) is 5.76 Å². The topological polar surface area (TPSA) is 51.5 Å². The zero-order valence-electron chi connectivity index (χ0n) is 9.42. The fraction of sp³-hybridized carbons (Fsp3) is 0.545. The molecule has 0 spiro atoms. The molecule has 100 valence electrons. The summed E-state index contributed by atoms with van der Waals surface area (Å²) in [5.74, 6) is 0.766. The summed E-state index contributed by atoms with van der Waals surface area (Å²) < 4.78 is 44.9. The van der Waals surface area contributed by atoms with Crippen molar-refractivity contribution in [2.24, 2.45) is 0 Å². The van der Waals surface area contributed by atoms with E-state index < -0.39 is 18.9 Å². The average Bonchev–Trinajstić information content (AvgIpc) is 2.74. The molecular weight excluding hydrogens is 251 g/mol. The van der Waals surface area contributed by atoms with Gasteiger partial charge in [-0.3, -0.25) is 0 Å². The lowest BCUT2D eigenvalue weighted by Gasteiger charge is -2.22. The highest BCUT2D eigenvalue weighted by Crippen LogP contribution is 2.30. The maximum absolute atomic E-state index is 11.9. The minimum absolute atomic E-state index is 0.340. The van der Waals surface area contributed by atoms with Crippen LogP contribution in [0.25, 0.3) is 0 Å². The summed E-state index contributed by atoms with van der Waals surface area (Å²) in [6.45, 7) is -1.58. The lowest BCUT2D eigenvalue weighted by molar-refractivity contribution is -0.160. The number of furan rings is 1. The van der Waals surface area contributed by atoms with E-state index in [0.717, 1.165) is 24.2 Å². The van der Waals surface area contributed by atoms with E-state index in [2.05, 4.69) is 10.1 Å². The molecule has 1 atom stereocenters. The van der Waals surface area contributed by atoms with Gasteiger partial charge in [0, 0.05) is 12.0 Å². The molecule has 4 nitrogen and oxygen atoms in total. The van der Waals surface area contributed by atoms with Gasteiger partial charge in [-0.05, 0) is 18.9 Å². The van der Waals surface area contributed by atoms with Gasteiger partial charge in [-0.25, -0.2) is 4.79 Å². The second kappa shape index (κ2) is 4.91. The lowest BCUT2D eigenvalue weighted by Crippen LogP contribution is -2.33. The largest absolute Gasteiger partial charge is 0.469 e. The Morgan fingerprint density at radius 1 is 1.56 bits per heavy atom. The highest BCUT2D eigenvalue weighted by Gasteiger charge is 2.31. The molecule has 7 heteroatoms. The van der Waals surface area contributed by atoms with Gasteiger partial charge < -0.3 is 14.5 Å². The van der Waals surface area contributed by atoms with E-state index in [1.54, 1.807) is 6.07 Å². The Morgan fingerprint density at radius 3 is 3.06 bits per heavy atom. The van der Waals surface area contributed by atoms with Crippen molar-refractivity contribution in [1.29, 1.82) is 0 Å². The molecule has 0 aromatic carbocycles. The number of halogens is 3. The van der Waals surface area contributed by atoms with E-state index in [0.29, 0.717) is 6.42 Å². The predicted molar refractivity (Wildman–Crippen MR) is 54.9 cm³/mol. The van der Waals surface area contributed by atoms with Gasteiger partial charge >= 0.3 is 12.3 Å². The summed E-state index contributed by atoms with van der Waals surface area (Å²) >= 11 is 0. The molecule has 0 radical (unpaired) electrons. The highest BCUT2D eigenvalue weighted by molar-refractivity contribution is 5.68. The van der Waals surface area contributed by atoms with Crippen molar-refractivity contribution in [3.8, 4) is 0 Å². The Labute approximate surface area is 101 Å². The van der Waals surface area contributed by atoms with Crippen LogP contribution >= 0.6 is 0 Å². The normalized spacial score (nSPS) is 19.2. The second-order valence-corrected chi connectivity index (χ2v) is 4.08. The van der Waals surface area contributed by atoms with Crippen molar-refractivity contribution >= 4 is 6.09 Å². The second-order valence-electron chi connectivity index (χ2n) is 4.08. The molecule has 1 N–H and O–H groups in total. The molecule has 0 fully saturated rings. The minimum Gasteiger partial charge on any atom is -0.469 e. The monoisotopic (exact) mass is 263 g/mol. The fourth-order valence-corrected chi connectivity index (χ4v) is 1.97. The van der Waals surface area contributed by atoms with Gasteiger partial charge in [0.15, 0.2) is 6.61 Å². The van der Waals surface area contributed by atoms with Crippen LogP contribution in [-0.4, -0.2) is 18.9 Å². The van der Waals surface area contributed by atoms with Gasteiger partial charge in [0.25, 0.3) is 0 Å². The molecule has 1 aliphatic carbocycles. The Bertz CT molecular complexity index is 427. The highest BCUT2D eigenvalue weighted by atomic mass is 19.4. The van der Waals surface area contributed by atoms with E-state index in [9.17, 15) is 18.0 Å². The number of ether oxygens (including phenoxy) is 1. The Morgan fingerprint density at radius 2 is 2.33 bits per heavy atom. The Balaban J connectivity index is 1.90. The molecular formula is C11H12F3NO3. The average molecular weight is 263 g/mol. The van der Waals surface area contributed by atoms with Crippen molar-refractivity contribution < 1.29 is 27.1 Å². The quantitative estimate of drug-likeness (QED) is 0.892. The molecule has 0 aliphatic heterocycles. The molecule has 1 heterocycles. The van der Waals surface area contributed by atoms with E-state index in [-0.39, 0.29) is 6.04 Å². The van der Waals surface area contributed by atoms with Gasteiger partial charge in [0.2, 0.25) is 0 Å².